The molecule has 5 nitrogen and oxygen atoms in total. The van der Waals surface area contributed by atoms with Crippen LogP contribution in [0.2, 0.25) is 0 Å². The summed E-state index contributed by atoms with van der Waals surface area (Å²) in [7, 11) is 0. The van der Waals surface area contributed by atoms with Crippen LogP contribution in [0, 0.1) is 5.41 Å². The molecule has 20 heavy (non-hydrogen) atoms. The number of carbonyl (C=O) groups is 2. The van der Waals surface area contributed by atoms with E-state index < -0.39 is 5.91 Å². The molecule has 2 amide bonds. The highest BCUT2D eigenvalue weighted by Gasteiger charge is 2.15. The standard InChI is InChI=1S/C15H22N2O3/c1-15(2,10-18)8-3-9-17-14(20)12-6-4-11(5-7-12)13(16)19/h4-7,18H,3,8-10H2,1-2H3,(H2,16,19)(H,17,20). The monoisotopic (exact) mass is 278 g/mol. The lowest BCUT2D eigenvalue weighted by atomic mass is 9.89. The van der Waals surface area contributed by atoms with E-state index in [1.54, 1.807) is 12.1 Å². The number of benzene rings is 1. The highest BCUT2D eigenvalue weighted by molar-refractivity contribution is 5.97. The zero-order valence-electron chi connectivity index (χ0n) is 12.0. The van der Waals surface area contributed by atoms with Crippen molar-refractivity contribution in [2.75, 3.05) is 13.2 Å². The van der Waals surface area contributed by atoms with E-state index in [2.05, 4.69) is 5.32 Å². The van der Waals surface area contributed by atoms with Crippen molar-refractivity contribution in [1.29, 1.82) is 0 Å². The Balaban J connectivity index is 2.41. The molecule has 0 unspecified atom stereocenters. The first kappa shape index (κ1) is 16.2. The second-order valence-corrected chi connectivity index (χ2v) is 5.62. The lowest BCUT2D eigenvalue weighted by molar-refractivity contribution is 0.0946. The first-order valence-electron chi connectivity index (χ1n) is 6.65. The van der Waals surface area contributed by atoms with E-state index in [0.29, 0.717) is 17.7 Å². The van der Waals surface area contributed by atoms with E-state index in [4.69, 9.17) is 10.8 Å². The molecule has 0 spiro atoms. The predicted octanol–water partition coefficient (Wildman–Crippen LogP) is 1.31. The van der Waals surface area contributed by atoms with E-state index in [9.17, 15) is 9.59 Å². The first-order chi connectivity index (χ1) is 9.35. The molecule has 0 saturated heterocycles. The van der Waals surface area contributed by atoms with Crippen molar-refractivity contribution in [3.8, 4) is 0 Å². The molecule has 1 rings (SSSR count). The second kappa shape index (κ2) is 7.05. The summed E-state index contributed by atoms with van der Waals surface area (Å²) in [5.41, 5.74) is 5.89. The second-order valence-electron chi connectivity index (χ2n) is 5.62. The zero-order chi connectivity index (χ0) is 15.2. The Bertz CT molecular complexity index is 467. The number of carbonyl (C=O) groups excluding carboxylic acids is 2. The van der Waals surface area contributed by atoms with Gasteiger partial charge >= 0.3 is 0 Å². The molecule has 1 aromatic carbocycles. The maximum Gasteiger partial charge on any atom is 0.251 e. The van der Waals surface area contributed by atoms with Crippen LogP contribution in [0.3, 0.4) is 0 Å². The van der Waals surface area contributed by atoms with Gasteiger partial charge in [-0.2, -0.15) is 0 Å². The highest BCUT2D eigenvalue weighted by Crippen LogP contribution is 2.20. The van der Waals surface area contributed by atoms with Gasteiger partial charge in [0.2, 0.25) is 5.91 Å². The van der Waals surface area contributed by atoms with Gasteiger partial charge in [0, 0.05) is 24.3 Å². The van der Waals surface area contributed by atoms with Gasteiger partial charge in [-0.25, -0.2) is 0 Å². The van der Waals surface area contributed by atoms with Gasteiger partial charge in [0.05, 0.1) is 0 Å². The van der Waals surface area contributed by atoms with E-state index in [1.165, 1.54) is 12.1 Å². The fourth-order valence-corrected chi connectivity index (χ4v) is 1.74. The van der Waals surface area contributed by atoms with E-state index >= 15 is 0 Å². The van der Waals surface area contributed by atoms with Crippen molar-refractivity contribution in [3.63, 3.8) is 0 Å². The quantitative estimate of drug-likeness (QED) is 0.657. The Kier molecular flexibility index (Phi) is 5.70. The SMILES string of the molecule is CC(C)(CO)CCCNC(=O)c1ccc(C(N)=O)cc1. The molecule has 0 aliphatic rings. The summed E-state index contributed by atoms with van der Waals surface area (Å²) in [6.45, 7) is 4.66. The molecule has 5 heteroatoms. The molecule has 0 heterocycles. The fourth-order valence-electron chi connectivity index (χ4n) is 1.74. The molecule has 0 radical (unpaired) electrons. The van der Waals surface area contributed by atoms with Crippen LogP contribution in [0.5, 0.6) is 0 Å². The van der Waals surface area contributed by atoms with Crippen LogP contribution in [0.4, 0.5) is 0 Å². The van der Waals surface area contributed by atoms with Crippen molar-refractivity contribution in [1.82, 2.24) is 5.32 Å². The third kappa shape index (κ3) is 5.01. The van der Waals surface area contributed by atoms with Gasteiger partial charge in [0.1, 0.15) is 0 Å². The number of aliphatic hydroxyl groups excluding tert-OH is 1. The van der Waals surface area contributed by atoms with Crippen LogP contribution in [-0.2, 0) is 0 Å². The smallest absolute Gasteiger partial charge is 0.251 e. The van der Waals surface area contributed by atoms with Crippen LogP contribution in [0.1, 0.15) is 47.4 Å². The number of rotatable bonds is 7. The average Bonchev–Trinajstić information content (AvgIpc) is 2.43. The molecule has 0 saturated carbocycles. The number of hydrogen-bond acceptors (Lipinski definition) is 3. The van der Waals surface area contributed by atoms with Crippen molar-refractivity contribution in [2.24, 2.45) is 11.1 Å². The van der Waals surface area contributed by atoms with Crippen molar-refractivity contribution >= 4 is 11.8 Å². The summed E-state index contributed by atoms with van der Waals surface area (Å²) < 4.78 is 0. The number of nitrogens with two attached hydrogens (primary N) is 1. The summed E-state index contributed by atoms with van der Waals surface area (Å²) in [6.07, 6.45) is 1.64. The van der Waals surface area contributed by atoms with Crippen LogP contribution in [0.15, 0.2) is 24.3 Å². The maximum atomic E-state index is 11.8. The number of primary amides is 1. The summed E-state index contributed by atoms with van der Waals surface area (Å²) in [5, 5.41) is 11.9. The van der Waals surface area contributed by atoms with Gasteiger partial charge < -0.3 is 16.2 Å². The van der Waals surface area contributed by atoms with Gasteiger partial charge in [-0.1, -0.05) is 13.8 Å². The van der Waals surface area contributed by atoms with Crippen LogP contribution >= 0.6 is 0 Å². The highest BCUT2D eigenvalue weighted by atomic mass is 16.3. The zero-order valence-corrected chi connectivity index (χ0v) is 12.0. The van der Waals surface area contributed by atoms with Crippen LogP contribution < -0.4 is 11.1 Å². The maximum absolute atomic E-state index is 11.8. The Morgan fingerprint density at radius 2 is 1.75 bits per heavy atom. The number of aliphatic hydroxyl groups is 1. The molecule has 0 atom stereocenters. The van der Waals surface area contributed by atoms with E-state index in [1.807, 2.05) is 13.8 Å². The third-order valence-electron chi connectivity index (χ3n) is 3.18. The predicted molar refractivity (Wildman–Crippen MR) is 77.4 cm³/mol. The minimum atomic E-state index is -0.511. The molecule has 0 aliphatic carbocycles. The van der Waals surface area contributed by atoms with Crippen molar-refractivity contribution < 1.29 is 14.7 Å². The minimum absolute atomic E-state index is 0.117. The normalized spacial score (nSPS) is 11.2. The molecule has 0 bridgehead atoms. The Morgan fingerprint density at radius 1 is 1.20 bits per heavy atom. The van der Waals surface area contributed by atoms with Crippen LogP contribution in [0.25, 0.3) is 0 Å². The summed E-state index contributed by atoms with van der Waals surface area (Å²) in [5.74, 6) is -0.689. The topological polar surface area (TPSA) is 92.4 Å². The van der Waals surface area contributed by atoms with Gasteiger partial charge in [-0.15, -0.1) is 0 Å². The van der Waals surface area contributed by atoms with E-state index in [-0.39, 0.29) is 17.9 Å². The van der Waals surface area contributed by atoms with Gasteiger partial charge in [0.25, 0.3) is 5.91 Å². The Labute approximate surface area is 119 Å². The van der Waals surface area contributed by atoms with Gasteiger partial charge in [0.15, 0.2) is 0 Å². The number of amides is 2. The molecule has 0 aliphatic heterocycles. The molecular weight excluding hydrogens is 256 g/mol. The average molecular weight is 278 g/mol. The van der Waals surface area contributed by atoms with Gasteiger partial charge in [-0.3, -0.25) is 9.59 Å². The van der Waals surface area contributed by atoms with Gasteiger partial charge in [-0.05, 0) is 42.5 Å². The lowest BCUT2D eigenvalue weighted by Crippen LogP contribution is -2.26. The Morgan fingerprint density at radius 3 is 2.25 bits per heavy atom. The van der Waals surface area contributed by atoms with Crippen molar-refractivity contribution in [2.45, 2.75) is 26.7 Å². The molecule has 110 valence electrons. The van der Waals surface area contributed by atoms with Crippen LogP contribution in [-0.4, -0.2) is 30.1 Å². The molecule has 0 fully saturated rings. The fraction of sp³-hybridized carbons (Fsp3) is 0.467. The number of nitrogens with one attached hydrogen (secondary N) is 1. The molecule has 4 N–H and O–H groups in total. The Hall–Kier alpha value is -1.88. The van der Waals surface area contributed by atoms with E-state index in [0.717, 1.165) is 12.8 Å². The third-order valence-corrected chi connectivity index (χ3v) is 3.18. The first-order valence-corrected chi connectivity index (χ1v) is 6.65. The number of hydrogen-bond donors (Lipinski definition) is 3. The molecular formula is C15H22N2O3. The largest absolute Gasteiger partial charge is 0.396 e. The summed E-state index contributed by atoms with van der Waals surface area (Å²) >= 11 is 0. The lowest BCUT2D eigenvalue weighted by Gasteiger charge is -2.21. The van der Waals surface area contributed by atoms with Crippen molar-refractivity contribution in [3.05, 3.63) is 35.4 Å². The summed E-state index contributed by atoms with van der Waals surface area (Å²) in [6, 6.07) is 6.22. The summed E-state index contributed by atoms with van der Waals surface area (Å²) in [4.78, 5) is 22.8. The molecule has 1 aromatic rings. The molecule has 0 aromatic heterocycles. The minimum Gasteiger partial charge on any atom is -0.396 e.